The number of carboxylic acid groups (broad SMARTS) is 2. The van der Waals surface area contributed by atoms with E-state index in [2.05, 4.69) is 76.1 Å². The van der Waals surface area contributed by atoms with Crippen molar-refractivity contribution in [1.29, 1.82) is 0 Å². The highest BCUT2D eigenvalue weighted by molar-refractivity contribution is 9.09. The molecule has 4 unspecified atom stereocenters. The summed E-state index contributed by atoms with van der Waals surface area (Å²) in [5.74, 6) is -8.94. The van der Waals surface area contributed by atoms with E-state index < -0.39 is 129 Å². The van der Waals surface area contributed by atoms with Crippen LogP contribution in [0.1, 0.15) is 60.8 Å². The van der Waals surface area contributed by atoms with Gasteiger partial charge in [0.2, 0.25) is 42.3 Å². The van der Waals surface area contributed by atoms with Gasteiger partial charge in [0.25, 0.3) is 18.1 Å². The molecule has 32 nitrogen and oxygen atoms in total. The minimum Gasteiger partial charge on any atom is -0.481 e. The summed E-state index contributed by atoms with van der Waals surface area (Å²) in [5.41, 5.74) is 4.01. The van der Waals surface area contributed by atoms with E-state index in [4.69, 9.17) is 54.9 Å². The number of hydrogen-bond acceptors (Lipinski definition) is 29. The molecule has 2 N–H and O–H groups in total. The Labute approximate surface area is 795 Å². The molecule has 3 heterocycles. The van der Waals surface area contributed by atoms with Gasteiger partial charge in [-0.25, -0.2) is 69.2 Å². The first-order valence-corrected chi connectivity index (χ1v) is 50.0. The van der Waals surface area contributed by atoms with Gasteiger partial charge in [0.05, 0.1) is 119 Å². The number of nitrogens with zero attached hydrogens (tertiary/aromatic N) is 3. The Kier molecular flexibility index (Phi) is 45.0. The normalized spacial score (nSPS) is 14.5. The number of sulfonamides is 3. The van der Waals surface area contributed by atoms with Crippen LogP contribution in [0, 0.1) is 23.3 Å². The van der Waals surface area contributed by atoms with E-state index in [1.807, 2.05) is 24.3 Å². The van der Waals surface area contributed by atoms with Gasteiger partial charge in [-0.1, -0.05) is 117 Å². The number of ether oxygens (including phenoxy) is 10. The van der Waals surface area contributed by atoms with Crippen molar-refractivity contribution < 1.29 is 151 Å². The lowest BCUT2D eigenvalue weighted by Crippen LogP contribution is -2.40. The number of rotatable bonds is 26. The van der Waals surface area contributed by atoms with Crippen molar-refractivity contribution in [1.82, 2.24) is 12.9 Å². The zero-order valence-electron chi connectivity index (χ0n) is 70.3. The van der Waals surface area contributed by atoms with Crippen LogP contribution in [0.4, 0.5) is 17.6 Å². The first-order valence-electron chi connectivity index (χ1n) is 38.3. The molecule has 0 saturated carbocycles. The molecule has 3 aliphatic rings. The van der Waals surface area contributed by atoms with Crippen LogP contribution in [0.2, 0.25) is 0 Å². The van der Waals surface area contributed by atoms with Gasteiger partial charge in [0.15, 0.2) is 23.1 Å². The molecule has 12 rings (SSSR count). The fourth-order valence-electron chi connectivity index (χ4n) is 11.2. The van der Waals surface area contributed by atoms with Crippen LogP contribution < -0.4 is 9.47 Å². The molecule has 9 aromatic rings. The molecule has 132 heavy (non-hydrogen) atoms. The molecule has 3 aliphatic heterocycles. The molecule has 0 aromatic heterocycles. The van der Waals surface area contributed by atoms with E-state index in [1.54, 1.807) is 36.4 Å². The number of benzene rings is 9. The van der Waals surface area contributed by atoms with E-state index in [1.165, 1.54) is 151 Å². The SMILES string of the molecule is COC(=O)C(Br)c1ccc(S(=O)(=O)Cl)cc1.COC(=O)C(Br)c1ccc(S(=O)(=O)N2CCOCC2)cc1.COC(=O)C(Oc1ccc(F)cc1F)c1ccc(S(=O)(=O)N2CCOCC2)cc1.COC(=O)Cc1ccc(S(=O)(=O)Cl)cc1.COC(=O)Cc1ccc(S)cc1.O=C(O)C(Oc1ccc(F)cc1F)c1ccc(S(=O)(=O)N2CCOCC2)cc1.O=C(O)Cc1ccc(S)cc1. The Balaban J connectivity index is 0.000000244. The molecule has 0 amide bonds. The van der Waals surface area contributed by atoms with E-state index in [9.17, 15) is 98.3 Å². The predicted molar refractivity (Wildman–Crippen MR) is 484 cm³/mol. The molecule has 4 atom stereocenters. The van der Waals surface area contributed by atoms with Gasteiger partial charge in [-0.3, -0.25) is 24.0 Å². The average Bonchev–Trinajstić information content (AvgIpc) is 0.797. The number of carbonyl (C=O) groups excluding carboxylic acids is 5. The maximum Gasteiger partial charge on any atom is 0.351 e. The minimum atomic E-state index is -3.73. The molecule has 714 valence electrons. The zero-order chi connectivity index (χ0) is 97.8. The number of methoxy groups -OCH3 is 5. The second-order valence-electron chi connectivity index (χ2n) is 27.0. The quantitative estimate of drug-likeness (QED) is 0.00976. The third-order valence-electron chi connectivity index (χ3n) is 18.1. The van der Waals surface area contributed by atoms with Gasteiger partial charge >= 0.3 is 41.8 Å². The van der Waals surface area contributed by atoms with Crippen LogP contribution in [0.3, 0.4) is 0 Å². The maximum atomic E-state index is 13.9. The molecule has 0 bridgehead atoms. The fraction of sp³-hybridized carbons (Fsp3) is 0.282. The lowest BCUT2D eigenvalue weighted by Gasteiger charge is -2.26. The number of aliphatic carboxylic acids is 2. The number of carboxylic acids is 2. The van der Waals surface area contributed by atoms with Crippen LogP contribution in [0.15, 0.2) is 241 Å². The fourth-order valence-corrected chi connectivity index (χ4v) is 18.2. The molecule has 0 aliphatic carbocycles. The number of halogens is 8. The summed E-state index contributed by atoms with van der Waals surface area (Å²) < 4.78 is 226. The zero-order valence-corrected chi connectivity index (χ0v) is 80.8. The second kappa shape index (κ2) is 53.4. The lowest BCUT2D eigenvalue weighted by atomic mass is 10.1. The molecule has 47 heteroatoms. The van der Waals surface area contributed by atoms with Crippen molar-refractivity contribution in [3.63, 3.8) is 0 Å². The van der Waals surface area contributed by atoms with Crippen LogP contribution in [0.25, 0.3) is 0 Å². The Morgan fingerprint density at radius 3 is 0.909 bits per heavy atom. The maximum absolute atomic E-state index is 13.9. The smallest absolute Gasteiger partial charge is 0.351 e. The number of alkyl halides is 2. The molecule has 3 saturated heterocycles. The average molecular weight is 2150 g/mol. The summed E-state index contributed by atoms with van der Waals surface area (Å²) in [4.78, 5) is 79.0. The van der Waals surface area contributed by atoms with Crippen molar-refractivity contribution in [3.8, 4) is 11.5 Å². The van der Waals surface area contributed by atoms with E-state index in [0.29, 0.717) is 88.0 Å². The minimum absolute atomic E-state index is 0.00440. The number of hydrogen-bond donors (Lipinski definition) is 4. The summed E-state index contributed by atoms with van der Waals surface area (Å²) in [7, 11) is -1.72. The van der Waals surface area contributed by atoms with Gasteiger partial charge in [-0.15, -0.1) is 25.3 Å². The number of thiol groups is 2. The van der Waals surface area contributed by atoms with Gasteiger partial charge < -0.3 is 57.6 Å². The Morgan fingerprint density at radius 1 is 0.371 bits per heavy atom. The van der Waals surface area contributed by atoms with Crippen molar-refractivity contribution in [2.24, 2.45) is 0 Å². The summed E-state index contributed by atoms with van der Waals surface area (Å²) in [6.45, 7) is 3.72. The van der Waals surface area contributed by atoms with Crippen LogP contribution >= 0.6 is 78.5 Å². The molecule has 0 radical (unpaired) electrons. The van der Waals surface area contributed by atoms with E-state index in [-0.39, 0.29) is 92.3 Å². The highest BCUT2D eigenvalue weighted by Gasteiger charge is 2.33. The summed E-state index contributed by atoms with van der Waals surface area (Å²) >= 11 is 14.5. The third kappa shape index (κ3) is 35.3. The summed E-state index contributed by atoms with van der Waals surface area (Å²) in [5, 5.41) is 17.8. The Morgan fingerprint density at radius 2 is 0.636 bits per heavy atom. The predicted octanol–water partition coefficient (Wildman–Crippen LogP) is 12.6. The van der Waals surface area contributed by atoms with Crippen molar-refractivity contribution in [3.05, 3.63) is 268 Å². The number of morpholine rings is 3. The van der Waals surface area contributed by atoms with Gasteiger partial charge in [0, 0.05) is 93.7 Å². The second-order valence-corrected chi connectivity index (χ2v) is 40.8. The highest BCUT2D eigenvalue weighted by Crippen LogP contribution is 2.33. The highest BCUT2D eigenvalue weighted by atomic mass is 79.9. The number of esters is 5. The lowest BCUT2D eigenvalue weighted by molar-refractivity contribution is -0.149. The summed E-state index contributed by atoms with van der Waals surface area (Å²) in [6.07, 6.45) is -2.45. The molecule has 0 spiro atoms. The van der Waals surface area contributed by atoms with Crippen molar-refractivity contribution in [2.75, 3.05) is 114 Å². The summed E-state index contributed by atoms with van der Waals surface area (Å²) in [6, 6.07) is 47.8. The first-order chi connectivity index (χ1) is 62.3. The van der Waals surface area contributed by atoms with E-state index in [0.717, 1.165) is 52.3 Å². The molecular weight excluding hydrogens is 2060 g/mol. The van der Waals surface area contributed by atoms with Crippen molar-refractivity contribution >= 4 is 168 Å². The largest absolute Gasteiger partial charge is 0.481 e. The first kappa shape index (κ1) is 111. The van der Waals surface area contributed by atoms with Gasteiger partial charge in [0.1, 0.15) is 21.3 Å². The molecule has 9 aromatic carbocycles. The van der Waals surface area contributed by atoms with E-state index >= 15 is 0 Å². The molecular formula is C85H87Br2Cl2F4N3O29S7. The van der Waals surface area contributed by atoms with Crippen molar-refractivity contribution in [2.45, 2.75) is 75.4 Å². The van der Waals surface area contributed by atoms with Crippen LogP contribution in [-0.4, -0.2) is 221 Å². The number of carbonyl (C=O) groups is 7. The standard InChI is InChI=1S/C19H19F2NO6S.C18H17F2NO6S.C13H16BrNO5S.C9H8BrClO4S.C9H9ClO4S.C9H10O2S.C8H8O2S/c1-26-19(23)18(28-17-7-4-14(20)12-16(17)21)13-2-5-15(6-3-13)29(24,25)22-8-10-27-11-9-22;19-13-3-6-16(15(20)11-13)27-17(18(22)23)12-1-4-14(5-2-12)28(24,25)21-7-9-26-10-8-21;1-19-13(16)12(14)10-2-4-11(5-3-10)21(17,18)15-6-8-20-9-7-15;1-15-9(12)8(10)6-2-4-7(5-3-6)16(11,13)14;1-14-9(11)6-7-2-4-8(5-3-7)15(10,12)13;1-11-9(10)6-7-2-4-8(12)5-3-7;9-8(10)5-6-1-3-7(11)4-2-6/h2-7,12,18H,8-11H2,1H3;1-6,11,17H,7-10H2,(H,22,23);2-5,12H,6-9H2,1H3;2-5,8H,1H3;2-5H,6H2,1H3;2-5,12H,6H2,1H3;1-4,11H,5H2,(H,9,10). The van der Waals surface area contributed by atoms with Gasteiger partial charge in [-0.05, 0) is 137 Å². The van der Waals surface area contributed by atoms with Crippen LogP contribution in [-0.2, 0) is 139 Å². The van der Waals surface area contributed by atoms with Crippen LogP contribution in [0.5, 0.6) is 11.5 Å². The third-order valence-corrected chi connectivity index (χ3v) is 29.0. The van der Waals surface area contributed by atoms with Gasteiger partial charge in [-0.2, -0.15) is 12.9 Å². The Hall–Kier alpha value is -9.66. The monoisotopic (exact) mass is 2140 g/mol. The molecule has 3 fully saturated rings. The topological polar surface area (TPSA) is 433 Å². The Bertz CT molecular complexity index is 5970.